The summed E-state index contributed by atoms with van der Waals surface area (Å²) < 4.78 is 0. The third-order valence-corrected chi connectivity index (χ3v) is 5.26. The Morgan fingerprint density at radius 1 is 0.939 bits per heavy atom. The van der Waals surface area contributed by atoms with Gasteiger partial charge in [0, 0.05) is 6.54 Å². The van der Waals surface area contributed by atoms with Crippen molar-refractivity contribution in [1.29, 1.82) is 0 Å². The van der Waals surface area contributed by atoms with Crippen LogP contribution >= 0.6 is 11.8 Å². The van der Waals surface area contributed by atoms with Crippen LogP contribution in [-0.4, -0.2) is 77.5 Å². The third kappa shape index (κ3) is 13.6. The minimum Gasteiger partial charge on any atom is -0.480 e. The molecule has 13 heteroatoms. The standard InChI is InChI=1S/C20H39N7O5S/c1-11(2)10-15(18(30)25-12(3)19(31)32)27-17(29)14(6-5-8-24-20(22)23)26-16(28)13(21)7-9-33-4/h11-15H,5-10,21H2,1-4H3,(H,25,30)(H,26,28)(H,27,29)(H,31,32)(H4,22,23,24). The Morgan fingerprint density at radius 3 is 2.03 bits per heavy atom. The van der Waals surface area contributed by atoms with Crippen LogP contribution in [0.25, 0.3) is 0 Å². The van der Waals surface area contributed by atoms with Gasteiger partial charge in [0.15, 0.2) is 5.96 Å². The van der Waals surface area contributed by atoms with Crippen molar-refractivity contribution < 1.29 is 24.3 Å². The maximum atomic E-state index is 13.0. The number of nitrogens with one attached hydrogen (secondary N) is 3. The number of thioether (sulfide) groups is 1. The van der Waals surface area contributed by atoms with Crippen molar-refractivity contribution in [1.82, 2.24) is 16.0 Å². The molecule has 0 saturated carbocycles. The van der Waals surface area contributed by atoms with Crippen molar-refractivity contribution in [2.75, 3.05) is 18.6 Å². The lowest BCUT2D eigenvalue weighted by molar-refractivity contribution is -0.142. The number of nitrogens with zero attached hydrogens (tertiary/aromatic N) is 1. The zero-order valence-electron chi connectivity index (χ0n) is 19.8. The van der Waals surface area contributed by atoms with E-state index >= 15 is 0 Å². The molecule has 0 aliphatic rings. The summed E-state index contributed by atoms with van der Waals surface area (Å²) in [6.07, 6.45) is 3.24. The van der Waals surface area contributed by atoms with E-state index in [0.717, 1.165) is 0 Å². The lowest BCUT2D eigenvalue weighted by atomic mass is 10.0. The molecule has 0 rings (SSSR count). The second kappa shape index (κ2) is 16.1. The van der Waals surface area contributed by atoms with Crippen LogP contribution in [0.4, 0.5) is 0 Å². The highest BCUT2D eigenvalue weighted by Crippen LogP contribution is 2.08. The first-order chi connectivity index (χ1) is 15.4. The number of guanidine groups is 1. The van der Waals surface area contributed by atoms with Gasteiger partial charge in [-0.05, 0) is 50.5 Å². The molecule has 0 saturated heterocycles. The molecule has 0 heterocycles. The fourth-order valence-corrected chi connectivity index (χ4v) is 3.27. The van der Waals surface area contributed by atoms with Gasteiger partial charge in [0.25, 0.3) is 0 Å². The van der Waals surface area contributed by atoms with E-state index in [9.17, 15) is 19.2 Å². The maximum absolute atomic E-state index is 13.0. The molecule has 4 atom stereocenters. The average Bonchev–Trinajstić information content (AvgIpc) is 2.72. The van der Waals surface area contributed by atoms with Crippen LogP contribution in [0.2, 0.25) is 0 Å². The first-order valence-corrected chi connectivity index (χ1v) is 12.2. The lowest BCUT2D eigenvalue weighted by Gasteiger charge is -2.25. The molecule has 10 N–H and O–H groups in total. The van der Waals surface area contributed by atoms with Gasteiger partial charge in [-0.1, -0.05) is 13.8 Å². The van der Waals surface area contributed by atoms with Gasteiger partial charge in [-0.25, -0.2) is 0 Å². The second-order valence-corrected chi connectivity index (χ2v) is 9.14. The number of aliphatic imine (C=N–C) groups is 1. The number of nitrogens with two attached hydrogens (primary N) is 3. The van der Waals surface area contributed by atoms with E-state index in [1.165, 1.54) is 6.92 Å². The van der Waals surface area contributed by atoms with E-state index in [4.69, 9.17) is 22.3 Å². The lowest BCUT2D eigenvalue weighted by Crippen LogP contribution is -2.57. The second-order valence-electron chi connectivity index (χ2n) is 8.16. The number of hydrogen-bond donors (Lipinski definition) is 7. The molecule has 3 amide bonds. The van der Waals surface area contributed by atoms with Crippen LogP contribution in [-0.2, 0) is 19.2 Å². The Balaban J connectivity index is 5.41. The normalized spacial score (nSPS) is 14.5. The average molecular weight is 490 g/mol. The van der Waals surface area contributed by atoms with Gasteiger partial charge < -0.3 is 38.3 Å². The van der Waals surface area contributed by atoms with Gasteiger partial charge in [-0.15, -0.1) is 0 Å². The summed E-state index contributed by atoms with van der Waals surface area (Å²) in [6.45, 7) is 5.32. The highest BCUT2D eigenvalue weighted by Gasteiger charge is 2.29. The molecule has 0 aromatic heterocycles. The first kappa shape index (κ1) is 30.5. The molecule has 0 radical (unpaired) electrons. The van der Waals surface area contributed by atoms with Crippen molar-refractivity contribution in [3.8, 4) is 0 Å². The quantitative estimate of drug-likeness (QED) is 0.0779. The summed E-state index contributed by atoms with van der Waals surface area (Å²) in [4.78, 5) is 53.0. The number of carboxylic acids is 1. The Labute approximate surface area is 199 Å². The maximum Gasteiger partial charge on any atom is 0.325 e. The fraction of sp³-hybridized carbons (Fsp3) is 0.750. The number of carbonyl (C=O) groups excluding carboxylic acids is 3. The van der Waals surface area contributed by atoms with Crippen LogP contribution in [0, 0.1) is 5.92 Å². The monoisotopic (exact) mass is 489 g/mol. The predicted octanol–water partition coefficient (Wildman–Crippen LogP) is -1.27. The summed E-state index contributed by atoms with van der Waals surface area (Å²) in [5.74, 6) is -2.22. The smallest absolute Gasteiger partial charge is 0.325 e. The number of aliphatic carboxylic acids is 1. The van der Waals surface area contributed by atoms with Gasteiger partial charge in [-0.3, -0.25) is 24.2 Å². The van der Waals surface area contributed by atoms with Gasteiger partial charge in [-0.2, -0.15) is 11.8 Å². The minimum atomic E-state index is -1.19. The predicted molar refractivity (Wildman–Crippen MR) is 129 cm³/mol. The van der Waals surface area contributed by atoms with E-state index in [-0.39, 0.29) is 31.3 Å². The van der Waals surface area contributed by atoms with Gasteiger partial charge in [0.05, 0.1) is 6.04 Å². The van der Waals surface area contributed by atoms with Crippen LogP contribution in [0.15, 0.2) is 4.99 Å². The van der Waals surface area contributed by atoms with E-state index in [1.54, 1.807) is 11.8 Å². The number of rotatable bonds is 16. The van der Waals surface area contributed by atoms with E-state index in [0.29, 0.717) is 18.6 Å². The van der Waals surface area contributed by atoms with Crippen LogP contribution < -0.4 is 33.2 Å². The van der Waals surface area contributed by atoms with E-state index in [2.05, 4.69) is 20.9 Å². The summed E-state index contributed by atoms with van der Waals surface area (Å²) in [5.41, 5.74) is 16.5. The molecular formula is C20H39N7O5S. The van der Waals surface area contributed by atoms with Crippen molar-refractivity contribution in [2.24, 2.45) is 28.1 Å². The summed E-state index contributed by atoms with van der Waals surface area (Å²) in [7, 11) is 0. The number of hydrogen-bond acceptors (Lipinski definition) is 7. The highest BCUT2D eigenvalue weighted by atomic mass is 32.2. The molecule has 33 heavy (non-hydrogen) atoms. The van der Waals surface area contributed by atoms with Crippen molar-refractivity contribution >= 4 is 41.4 Å². The van der Waals surface area contributed by atoms with Gasteiger partial charge in [0.1, 0.15) is 18.1 Å². The zero-order chi connectivity index (χ0) is 25.6. The number of amides is 3. The van der Waals surface area contributed by atoms with E-state index < -0.39 is 47.9 Å². The molecule has 12 nitrogen and oxygen atoms in total. The van der Waals surface area contributed by atoms with Crippen molar-refractivity contribution in [3.63, 3.8) is 0 Å². The van der Waals surface area contributed by atoms with Crippen molar-refractivity contribution in [3.05, 3.63) is 0 Å². The molecule has 0 aliphatic heterocycles. The molecule has 0 fully saturated rings. The van der Waals surface area contributed by atoms with E-state index in [1.807, 2.05) is 20.1 Å². The Kier molecular flexibility index (Phi) is 14.9. The van der Waals surface area contributed by atoms with Gasteiger partial charge >= 0.3 is 5.97 Å². The Morgan fingerprint density at radius 2 is 1.52 bits per heavy atom. The summed E-state index contributed by atoms with van der Waals surface area (Å²) in [5, 5.41) is 16.7. The molecular weight excluding hydrogens is 450 g/mol. The SMILES string of the molecule is CSCCC(N)C(=O)NC(CCCN=C(N)N)C(=O)NC(CC(C)C)C(=O)NC(C)C(=O)O. The van der Waals surface area contributed by atoms with Crippen LogP contribution in [0.1, 0.15) is 46.5 Å². The molecule has 190 valence electrons. The molecule has 0 spiro atoms. The zero-order valence-corrected chi connectivity index (χ0v) is 20.6. The summed E-state index contributed by atoms with van der Waals surface area (Å²) in [6, 6.07) is -3.84. The van der Waals surface area contributed by atoms with Crippen LogP contribution in [0.3, 0.4) is 0 Å². The summed E-state index contributed by atoms with van der Waals surface area (Å²) >= 11 is 1.55. The third-order valence-electron chi connectivity index (χ3n) is 4.62. The number of carbonyl (C=O) groups is 4. The van der Waals surface area contributed by atoms with Crippen molar-refractivity contribution in [2.45, 2.75) is 70.6 Å². The molecule has 0 aliphatic carbocycles. The largest absolute Gasteiger partial charge is 0.480 e. The minimum absolute atomic E-state index is 0.0380. The van der Waals surface area contributed by atoms with Crippen LogP contribution in [0.5, 0.6) is 0 Å². The Bertz CT molecular complexity index is 686. The topological polar surface area (TPSA) is 215 Å². The molecule has 4 unspecified atom stereocenters. The molecule has 0 bridgehead atoms. The molecule has 0 aromatic rings. The highest BCUT2D eigenvalue weighted by molar-refractivity contribution is 7.98. The number of carboxylic acid groups (broad SMARTS) is 1. The first-order valence-electron chi connectivity index (χ1n) is 10.8. The molecule has 0 aromatic carbocycles. The van der Waals surface area contributed by atoms with Gasteiger partial charge in [0.2, 0.25) is 17.7 Å². The fourth-order valence-electron chi connectivity index (χ4n) is 2.78. The Hall–Kier alpha value is -2.54.